The van der Waals surface area contributed by atoms with Crippen LogP contribution in [0.4, 0.5) is 0 Å². The number of ether oxygens (including phenoxy) is 1. The van der Waals surface area contributed by atoms with E-state index >= 15 is 0 Å². The summed E-state index contributed by atoms with van der Waals surface area (Å²) in [6.45, 7) is 3.21. The Bertz CT molecular complexity index is 543. The van der Waals surface area contributed by atoms with Crippen molar-refractivity contribution in [2.24, 2.45) is 5.92 Å². The Balaban J connectivity index is 2.06. The largest absolute Gasteiger partial charge is 0.376 e. The predicted molar refractivity (Wildman–Crippen MR) is 70.5 cm³/mol. The lowest BCUT2D eigenvalue weighted by Crippen LogP contribution is -2.51. The smallest absolute Gasteiger partial charge is 0.0991 e. The van der Waals surface area contributed by atoms with Crippen molar-refractivity contribution in [3.63, 3.8) is 0 Å². The van der Waals surface area contributed by atoms with E-state index in [4.69, 9.17) is 26.4 Å². The summed E-state index contributed by atoms with van der Waals surface area (Å²) in [6, 6.07) is 7.47. The molecule has 19 heavy (non-hydrogen) atoms. The SMILES string of the molecule is CC1CC2CONC2(c2cc(C#N)ccc2Cl)CO1. The molecule has 0 bridgehead atoms. The highest BCUT2D eigenvalue weighted by molar-refractivity contribution is 6.31. The van der Waals surface area contributed by atoms with Gasteiger partial charge in [0, 0.05) is 10.9 Å². The minimum atomic E-state index is -0.434. The second-order valence-corrected chi connectivity index (χ2v) is 5.65. The molecular formula is C14H15ClN2O2. The van der Waals surface area contributed by atoms with Crippen LogP contribution in [0.15, 0.2) is 18.2 Å². The molecule has 1 aromatic rings. The molecule has 2 saturated heterocycles. The molecule has 0 radical (unpaired) electrons. The summed E-state index contributed by atoms with van der Waals surface area (Å²) < 4.78 is 5.79. The minimum Gasteiger partial charge on any atom is -0.376 e. The van der Waals surface area contributed by atoms with Crippen molar-refractivity contribution in [1.29, 1.82) is 5.26 Å². The Morgan fingerprint density at radius 3 is 3.16 bits per heavy atom. The predicted octanol–water partition coefficient (Wildman–Crippen LogP) is 2.37. The first kappa shape index (κ1) is 12.9. The van der Waals surface area contributed by atoms with Crippen molar-refractivity contribution in [1.82, 2.24) is 5.48 Å². The van der Waals surface area contributed by atoms with E-state index in [1.54, 1.807) is 12.1 Å². The van der Waals surface area contributed by atoms with E-state index in [1.807, 2.05) is 6.07 Å². The van der Waals surface area contributed by atoms with Gasteiger partial charge in [-0.25, -0.2) is 0 Å². The molecule has 100 valence electrons. The maximum absolute atomic E-state index is 9.06. The number of hydrogen-bond acceptors (Lipinski definition) is 4. The fourth-order valence-corrected chi connectivity index (χ4v) is 3.23. The number of fused-ring (bicyclic) bond motifs is 1. The van der Waals surface area contributed by atoms with Crippen molar-refractivity contribution in [2.75, 3.05) is 13.2 Å². The van der Waals surface area contributed by atoms with E-state index in [9.17, 15) is 0 Å². The lowest BCUT2D eigenvalue weighted by Gasteiger charge is -2.40. The van der Waals surface area contributed by atoms with Gasteiger partial charge in [-0.1, -0.05) is 11.6 Å². The third-order valence-corrected chi connectivity index (χ3v) is 4.35. The number of nitriles is 1. The normalized spacial score (nSPS) is 33.7. The Kier molecular flexibility index (Phi) is 3.23. The molecule has 2 aliphatic rings. The standard InChI is InChI=1S/C14H15ClN2O2/c1-9-4-11-7-19-17-14(11,8-18-9)12-5-10(6-16)2-3-13(12)15/h2-3,5,9,11,17H,4,7-8H2,1H3. The lowest BCUT2D eigenvalue weighted by atomic mass is 9.75. The molecule has 3 atom stereocenters. The van der Waals surface area contributed by atoms with Crippen LogP contribution in [-0.2, 0) is 15.1 Å². The highest BCUT2D eigenvalue weighted by Gasteiger charge is 2.50. The molecule has 0 aromatic heterocycles. The number of benzene rings is 1. The van der Waals surface area contributed by atoms with Crippen LogP contribution in [0.1, 0.15) is 24.5 Å². The van der Waals surface area contributed by atoms with Crippen LogP contribution in [0, 0.1) is 17.2 Å². The monoisotopic (exact) mass is 278 g/mol. The summed E-state index contributed by atoms with van der Waals surface area (Å²) in [5.74, 6) is 0.308. The summed E-state index contributed by atoms with van der Waals surface area (Å²) in [4.78, 5) is 5.45. The van der Waals surface area contributed by atoms with Gasteiger partial charge in [-0.3, -0.25) is 0 Å². The summed E-state index contributed by atoms with van der Waals surface area (Å²) in [7, 11) is 0. The number of hydroxylamine groups is 1. The van der Waals surface area contributed by atoms with E-state index in [-0.39, 0.29) is 6.10 Å². The lowest BCUT2D eigenvalue weighted by molar-refractivity contribution is -0.0602. The zero-order valence-electron chi connectivity index (χ0n) is 10.6. The third kappa shape index (κ3) is 2.03. The molecule has 3 unspecified atom stereocenters. The second-order valence-electron chi connectivity index (χ2n) is 5.25. The molecule has 2 aliphatic heterocycles. The van der Waals surface area contributed by atoms with Gasteiger partial charge in [0.1, 0.15) is 0 Å². The topological polar surface area (TPSA) is 54.3 Å². The van der Waals surface area contributed by atoms with Crippen LogP contribution in [-0.4, -0.2) is 19.3 Å². The number of nitrogens with zero attached hydrogens (tertiary/aromatic N) is 1. The Labute approximate surface area is 117 Å². The van der Waals surface area contributed by atoms with Gasteiger partial charge in [0.25, 0.3) is 0 Å². The maximum Gasteiger partial charge on any atom is 0.0991 e. The second kappa shape index (κ2) is 4.77. The van der Waals surface area contributed by atoms with Crippen LogP contribution < -0.4 is 5.48 Å². The van der Waals surface area contributed by atoms with Crippen molar-refractivity contribution in [3.8, 4) is 6.07 Å². The molecule has 0 aliphatic carbocycles. The summed E-state index contributed by atoms with van der Waals surface area (Å²) in [5.41, 5.74) is 4.14. The number of halogens is 1. The van der Waals surface area contributed by atoms with Crippen molar-refractivity contribution >= 4 is 11.6 Å². The van der Waals surface area contributed by atoms with Gasteiger partial charge in [-0.05, 0) is 37.1 Å². The maximum atomic E-state index is 9.06. The van der Waals surface area contributed by atoms with Crippen LogP contribution in [0.5, 0.6) is 0 Å². The molecule has 5 heteroatoms. The van der Waals surface area contributed by atoms with Crippen molar-refractivity contribution in [3.05, 3.63) is 34.3 Å². The van der Waals surface area contributed by atoms with Crippen LogP contribution in [0.3, 0.4) is 0 Å². The van der Waals surface area contributed by atoms with Crippen LogP contribution >= 0.6 is 11.6 Å². The van der Waals surface area contributed by atoms with E-state index in [0.29, 0.717) is 29.7 Å². The number of rotatable bonds is 1. The first-order valence-corrected chi connectivity index (χ1v) is 6.74. The van der Waals surface area contributed by atoms with Gasteiger partial charge < -0.3 is 9.57 Å². The molecular weight excluding hydrogens is 264 g/mol. The molecule has 4 nitrogen and oxygen atoms in total. The fourth-order valence-electron chi connectivity index (χ4n) is 2.94. The van der Waals surface area contributed by atoms with Gasteiger partial charge in [0.2, 0.25) is 0 Å². The summed E-state index contributed by atoms with van der Waals surface area (Å²) in [5, 5.41) is 9.69. The van der Waals surface area contributed by atoms with Gasteiger partial charge >= 0.3 is 0 Å². The highest BCUT2D eigenvalue weighted by atomic mass is 35.5. The van der Waals surface area contributed by atoms with Crippen LogP contribution in [0.2, 0.25) is 5.02 Å². The first-order valence-electron chi connectivity index (χ1n) is 6.36. The molecule has 0 saturated carbocycles. The molecule has 0 spiro atoms. The van der Waals surface area contributed by atoms with E-state index < -0.39 is 5.54 Å². The molecule has 1 N–H and O–H groups in total. The van der Waals surface area contributed by atoms with Gasteiger partial charge in [-0.2, -0.15) is 10.7 Å². The number of nitrogens with one attached hydrogen (secondary N) is 1. The Morgan fingerprint density at radius 2 is 2.37 bits per heavy atom. The fraction of sp³-hybridized carbons (Fsp3) is 0.500. The molecule has 3 rings (SSSR count). The van der Waals surface area contributed by atoms with Crippen LogP contribution in [0.25, 0.3) is 0 Å². The molecule has 0 amide bonds. The third-order valence-electron chi connectivity index (χ3n) is 4.02. The molecule has 2 heterocycles. The van der Waals surface area contributed by atoms with E-state index in [1.165, 1.54) is 0 Å². The number of hydrogen-bond donors (Lipinski definition) is 1. The minimum absolute atomic E-state index is 0.222. The summed E-state index contributed by atoms with van der Waals surface area (Å²) >= 11 is 6.32. The average Bonchev–Trinajstić information content (AvgIpc) is 2.83. The molecule has 1 aromatic carbocycles. The van der Waals surface area contributed by atoms with Crippen molar-refractivity contribution in [2.45, 2.75) is 25.0 Å². The highest BCUT2D eigenvalue weighted by Crippen LogP contribution is 2.43. The van der Waals surface area contributed by atoms with E-state index in [2.05, 4.69) is 18.5 Å². The summed E-state index contributed by atoms with van der Waals surface area (Å²) in [6.07, 6.45) is 1.14. The molecule has 2 fully saturated rings. The van der Waals surface area contributed by atoms with Gasteiger partial charge in [-0.15, -0.1) is 0 Å². The zero-order chi connectivity index (χ0) is 13.5. The zero-order valence-corrected chi connectivity index (χ0v) is 11.4. The first-order chi connectivity index (χ1) is 9.15. The van der Waals surface area contributed by atoms with E-state index in [0.717, 1.165) is 12.0 Å². The quantitative estimate of drug-likeness (QED) is 0.857. The average molecular weight is 279 g/mol. The van der Waals surface area contributed by atoms with Gasteiger partial charge in [0.05, 0.1) is 36.5 Å². The van der Waals surface area contributed by atoms with Crippen molar-refractivity contribution < 1.29 is 9.57 Å². The Hall–Kier alpha value is -1.12. The van der Waals surface area contributed by atoms with Gasteiger partial charge in [0.15, 0.2) is 0 Å². The Morgan fingerprint density at radius 1 is 1.53 bits per heavy atom.